The van der Waals surface area contributed by atoms with Gasteiger partial charge in [-0.15, -0.1) is 0 Å². The predicted molar refractivity (Wildman–Crippen MR) is 82.8 cm³/mol. The van der Waals surface area contributed by atoms with E-state index < -0.39 is 16.0 Å². The molecule has 0 saturated carbocycles. The van der Waals surface area contributed by atoms with Gasteiger partial charge in [0.1, 0.15) is 5.76 Å². The fourth-order valence-corrected chi connectivity index (χ4v) is 3.79. The van der Waals surface area contributed by atoms with Crippen molar-refractivity contribution in [1.29, 1.82) is 0 Å². The lowest BCUT2D eigenvalue weighted by Gasteiger charge is -2.09. The Balaban J connectivity index is 2.18. The number of ether oxygens (including phenoxy) is 1. The summed E-state index contributed by atoms with van der Waals surface area (Å²) in [5.74, 6) is -0.00136. The number of nitrogens with one attached hydrogen (secondary N) is 1. The standard InChI is InChI=1S/C14H14BrNO5S/c1-2-20-14(17)10-5-6-13(12(15)8-10)22(18,19)16-9-11-4-3-7-21-11/h3-8,16H,2,9H2,1H3. The highest BCUT2D eigenvalue weighted by Crippen LogP contribution is 2.24. The van der Waals surface area contributed by atoms with Crippen molar-refractivity contribution in [3.63, 3.8) is 0 Å². The molecule has 22 heavy (non-hydrogen) atoms. The SMILES string of the molecule is CCOC(=O)c1ccc(S(=O)(=O)NCc2ccco2)c(Br)c1. The van der Waals surface area contributed by atoms with E-state index in [4.69, 9.17) is 9.15 Å². The number of hydrogen-bond donors (Lipinski definition) is 1. The summed E-state index contributed by atoms with van der Waals surface area (Å²) in [6, 6.07) is 7.51. The third-order valence-corrected chi connectivity index (χ3v) is 5.13. The minimum Gasteiger partial charge on any atom is -0.468 e. The Morgan fingerprint density at radius 2 is 2.14 bits per heavy atom. The van der Waals surface area contributed by atoms with Gasteiger partial charge in [0.2, 0.25) is 10.0 Å². The number of benzene rings is 1. The summed E-state index contributed by atoms with van der Waals surface area (Å²) in [6.07, 6.45) is 1.47. The second-order valence-electron chi connectivity index (χ2n) is 4.27. The van der Waals surface area contributed by atoms with E-state index in [2.05, 4.69) is 20.7 Å². The van der Waals surface area contributed by atoms with Crippen LogP contribution in [0.5, 0.6) is 0 Å². The first-order valence-electron chi connectivity index (χ1n) is 6.42. The van der Waals surface area contributed by atoms with Crippen molar-refractivity contribution in [3.05, 3.63) is 52.4 Å². The monoisotopic (exact) mass is 387 g/mol. The quantitative estimate of drug-likeness (QED) is 0.770. The van der Waals surface area contributed by atoms with Crippen LogP contribution >= 0.6 is 15.9 Å². The number of rotatable bonds is 6. The largest absolute Gasteiger partial charge is 0.468 e. The molecular formula is C14H14BrNO5S. The van der Waals surface area contributed by atoms with Gasteiger partial charge in [-0.2, -0.15) is 0 Å². The van der Waals surface area contributed by atoms with Crippen LogP contribution in [0.2, 0.25) is 0 Å². The van der Waals surface area contributed by atoms with Crippen LogP contribution in [0.3, 0.4) is 0 Å². The van der Waals surface area contributed by atoms with Gasteiger partial charge in [0, 0.05) is 4.47 Å². The zero-order valence-corrected chi connectivity index (χ0v) is 14.1. The number of esters is 1. The van der Waals surface area contributed by atoms with E-state index in [0.29, 0.717) is 5.76 Å². The molecule has 1 N–H and O–H groups in total. The number of hydrogen-bond acceptors (Lipinski definition) is 5. The number of furan rings is 1. The smallest absolute Gasteiger partial charge is 0.338 e. The molecule has 0 saturated heterocycles. The minimum absolute atomic E-state index is 0.0344. The predicted octanol–water partition coefficient (Wildman–Crippen LogP) is 2.70. The Hall–Kier alpha value is -1.64. The highest BCUT2D eigenvalue weighted by Gasteiger charge is 2.19. The summed E-state index contributed by atoms with van der Waals surface area (Å²) >= 11 is 3.17. The second kappa shape index (κ2) is 7.08. The van der Waals surface area contributed by atoms with Crippen molar-refractivity contribution in [2.75, 3.05) is 6.61 Å². The summed E-state index contributed by atoms with van der Waals surface area (Å²) in [4.78, 5) is 11.7. The average molecular weight is 388 g/mol. The fraction of sp³-hybridized carbons (Fsp3) is 0.214. The van der Waals surface area contributed by atoms with Gasteiger partial charge in [-0.1, -0.05) is 0 Å². The van der Waals surface area contributed by atoms with Crippen molar-refractivity contribution >= 4 is 31.9 Å². The zero-order chi connectivity index (χ0) is 16.2. The van der Waals surface area contributed by atoms with Crippen LogP contribution in [0.1, 0.15) is 23.0 Å². The summed E-state index contributed by atoms with van der Waals surface area (Å²) in [7, 11) is -3.73. The average Bonchev–Trinajstić information content (AvgIpc) is 2.98. The third kappa shape index (κ3) is 3.96. The summed E-state index contributed by atoms with van der Waals surface area (Å²) in [5, 5.41) is 0. The van der Waals surface area contributed by atoms with Crippen LogP contribution in [-0.2, 0) is 21.3 Å². The lowest BCUT2D eigenvalue weighted by molar-refractivity contribution is 0.0526. The van der Waals surface area contributed by atoms with E-state index in [9.17, 15) is 13.2 Å². The molecule has 2 rings (SSSR count). The summed E-state index contributed by atoms with van der Waals surface area (Å²) in [6.45, 7) is 1.99. The normalized spacial score (nSPS) is 11.4. The van der Waals surface area contributed by atoms with Crippen LogP contribution in [0.4, 0.5) is 0 Å². The van der Waals surface area contributed by atoms with Gasteiger partial charge in [-0.3, -0.25) is 0 Å². The molecule has 0 atom stereocenters. The molecular weight excluding hydrogens is 374 g/mol. The molecule has 6 nitrogen and oxygen atoms in total. The molecule has 1 heterocycles. The van der Waals surface area contributed by atoms with Crippen LogP contribution in [0.15, 0.2) is 50.4 Å². The lowest BCUT2D eigenvalue weighted by Crippen LogP contribution is -2.23. The van der Waals surface area contributed by atoms with E-state index >= 15 is 0 Å². The molecule has 0 aliphatic rings. The highest BCUT2D eigenvalue weighted by molar-refractivity contribution is 9.10. The molecule has 8 heteroatoms. The molecule has 0 radical (unpaired) electrons. The Morgan fingerprint density at radius 1 is 1.36 bits per heavy atom. The summed E-state index contributed by atoms with van der Waals surface area (Å²) < 4.78 is 37.2. The molecule has 0 fully saturated rings. The molecule has 0 amide bonds. The molecule has 1 aromatic carbocycles. The maximum atomic E-state index is 12.3. The van der Waals surface area contributed by atoms with Gasteiger partial charge in [-0.25, -0.2) is 17.9 Å². The highest BCUT2D eigenvalue weighted by atomic mass is 79.9. The van der Waals surface area contributed by atoms with Crippen molar-refractivity contribution in [1.82, 2.24) is 4.72 Å². The molecule has 0 aliphatic heterocycles. The van der Waals surface area contributed by atoms with Gasteiger partial charge in [0.25, 0.3) is 0 Å². The van der Waals surface area contributed by atoms with Gasteiger partial charge < -0.3 is 9.15 Å². The minimum atomic E-state index is -3.73. The van der Waals surface area contributed by atoms with Crippen LogP contribution in [-0.4, -0.2) is 21.0 Å². The Bertz CT molecular complexity index is 756. The maximum Gasteiger partial charge on any atom is 0.338 e. The first-order valence-corrected chi connectivity index (χ1v) is 8.70. The first-order chi connectivity index (χ1) is 10.4. The van der Waals surface area contributed by atoms with E-state index in [1.165, 1.54) is 24.5 Å². The Morgan fingerprint density at radius 3 is 2.73 bits per heavy atom. The molecule has 2 aromatic rings. The molecule has 118 valence electrons. The van der Waals surface area contributed by atoms with Crippen molar-refractivity contribution in [2.45, 2.75) is 18.4 Å². The summed E-state index contributed by atoms with van der Waals surface area (Å²) in [5.41, 5.74) is 0.277. The van der Waals surface area contributed by atoms with E-state index in [0.717, 1.165) is 0 Å². The zero-order valence-electron chi connectivity index (χ0n) is 11.7. The van der Waals surface area contributed by atoms with Crippen molar-refractivity contribution in [3.8, 4) is 0 Å². The Labute approximate surface area is 136 Å². The third-order valence-electron chi connectivity index (χ3n) is 2.75. The number of carbonyl (C=O) groups excluding carboxylic acids is 1. The maximum absolute atomic E-state index is 12.3. The van der Waals surface area contributed by atoms with Gasteiger partial charge in [-0.05, 0) is 53.2 Å². The van der Waals surface area contributed by atoms with Gasteiger partial charge in [0.05, 0.1) is 29.9 Å². The number of halogens is 1. The fourth-order valence-electron chi connectivity index (χ4n) is 1.72. The molecule has 0 unspecified atom stereocenters. The van der Waals surface area contributed by atoms with Crippen molar-refractivity contribution < 1.29 is 22.4 Å². The molecule has 0 aliphatic carbocycles. The van der Waals surface area contributed by atoms with Gasteiger partial charge in [0.15, 0.2) is 0 Å². The topological polar surface area (TPSA) is 85.6 Å². The second-order valence-corrected chi connectivity index (χ2v) is 6.86. The first kappa shape index (κ1) is 16.7. The molecule has 0 bridgehead atoms. The number of sulfonamides is 1. The van der Waals surface area contributed by atoms with Crippen LogP contribution in [0, 0.1) is 0 Å². The van der Waals surface area contributed by atoms with E-state index in [1.54, 1.807) is 19.1 Å². The van der Waals surface area contributed by atoms with Crippen LogP contribution in [0.25, 0.3) is 0 Å². The van der Waals surface area contributed by atoms with Gasteiger partial charge >= 0.3 is 5.97 Å². The molecule has 0 spiro atoms. The lowest BCUT2D eigenvalue weighted by atomic mass is 10.2. The number of carbonyl (C=O) groups is 1. The van der Waals surface area contributed by atoms with Crippen molar-refractivity contribution in [2.24, 2.45) is 0 Å². The van der Waals surface area contributed by atoms with E-state index in [-0.39, 0.29) is 28.1 Å². The Kier molecular flexibility index (Phi) is 5.38. The van der Waals surface area contributed by atoms with Crippen LogP contribution < -0.4 is 4.72 Å². The molecule has 1 aromatic heterocycles. The van der Waals surface area contributed by atoms with E-state index in [1.807, 2.05) is 0 Å².